The molecule has 2 saturated heterocycles. The van der Waals surface area contributed by atoms with Crippen LogP contribution in [0.4, 0.5) is 0 Å². The third kappa shape index (κ3) is 3.14. The lowest BCUT2D eigenvalue weighted by Gasteiger charge is -2.35. The Balaban J connectivity index is 1.56. The van der Waals surface area contributed by atoms with E-state index in [4.69, 9.17) is 4.52 Å². The summed E-state index contributed by atoms with van der Waals surface area (Å²) >= 11 is 0. The van der Waals surface area contributed by atoms with Crippen molar-refractivity contribution in [3.63, 3.8) is 0 Å². The predicted octanol–water partition coefficient (Wildman–Crippen LogP) is 2.07. The highest BCUT2D eigenvalue weighted by atomic mass is 16.5. The molecule has 2 fully saturated rings. The first-order valence-electron chi connectivity index (χ1n) is 8.71. The molecule has 0 unspecified atom stereocenters. The lowest BCUT2D eigenvalue weighted by molar-refractivity contribution is -0.138. The van der Waals surface area contributed by atoms with Gasteiger partial charge in [0.05, 0.1) is 0 Å². The number of nitrogens with one attached hydrogen (secondary N) is 1. The third-order valence-electron chi connectivity index (χ3n) is 4.84. The number of rotatable bonds is 3. The van der Waals surface area contributed by atoms with Crippen LogP contribution in [0.1, 0.15) is 44.0 Å². The normalized spacial score (nSPS) is 23.5. The van der Waals surface area contributed by atoms with Crippen molar-refractivity contribution in [1.29, 1.82) is 0 Å². The van der Waals surface area contributed by atoms with Gasteiger partial charge in [-0.3, -0.25) is 9.59 Å². The Bertz CT molecular complexity index is 774. The topological polar surface area (TPSA) is 88.3 Å². The van der Waals surface area contributed by atoms with E-state index in [-0.39, 0.29) is 17.9 Å². The van der Waals surface area contributed by atoms with Crippen LogP contribution in [0.5, 0.6) is 0 Å². The number of carbonyl (C=O) groups is 2. The van der Waals surface area contributed by atoms with Crippen molar-refractivity contribution < 1.29 is 14.1 Å². The molecule has 0 saturated carbocycles. The average molecular weight is 340 g/mol. The molecule has 0 bridgehead atoms. The van der Waals surface area contributed by atoms with E-state index in [1.54, 1.807) is 4.90 Å². The van der Waals surface area contributed by atoms with Gasteiger partial charge in [0.25, 0.3) is 0 Å². The standard InChI is InChI=1S/C18H20N4O3/c23-15-10-9-13(19-15)18(24)22-11-5-4-8-14(22)17-20-16(21-25-17)12-6-2-1-3-7-12/h1-3,6-7,13-14H,4-5,8-11H2,(H,19,23)/t13-,14-/m1/s1. The number of hydrogen-bond donors (Lipinski definition) is 1. The summed E-state index contributed by atoms with van der Waals surface area (Å²) in [6, 6.07) is 8.98. The fraction of sp³-hybridized carbons (Fsp3) is 0.444. The summed E-state index contributed by atoms with van der Waals surface area (Å²) < 4.78 is 5.48. The first-order chi connectivity index (χ1) is 12.2. The molecular formula is C18H20N4O3. The maximum absolute atomic E-state index is 12.8. The van der Waals surface area contributed by atoms with Crippen LogP contribution in [-0.4, -0.2) is 39.4 Å². The molecule has 2 aromatic rings. The Labute approximate surface area is 145 Å². The van der Waals surface area contributed by atoms with Gasteiger partial charge in [0.15, 0.2) is 0 Å². The van der Waals surface area contributed by atoms with Crippen LogP contribution in [-0.2, 0) is 9.59 Å². The van der Waals surface area contributed by atoms with Crippen molar-refractivity contribution in [1.82, 2.24) is 20.4 Å². The van der Waals surface area contributed by atoms with E-state index in [9.17, 15) is 9.59 Å². The second-order valence-electron chi connectivity index (χ2n) is 6.52. The Hall–Kier alpha value is -2.70. The number of carbonyl (C=O) groups excluding carboxylic acids is 2. The lowest BCUT2D eigenvalue weighted by atomic mass is 10.0. The predicted molar refractivity (Wildman–Crippen MR) is 89.2 cm³/mol. The van der Waals surface area contributed by atoms with Gasteiger partial charge in [-0.05, 0) is 25.7 Å². The minimum absolute atomic E-state index is 0.0463. The Kier molecular flexibility index (Phi) is 4.21. The fourth-order valence-electron chi connectivity index (χ4n) is 3.53. The van der Waals surface area contributed by atoms with Gasteiger partial charge in [0.1, 0.15) is 12.1 Å². The molecule has 2 amide bonds. The third-order valence-corrected chi connectivity index (χ3v) is 4.84. The summed E-state index contributed by atoms with van der Waals surface area (Å²) in [6.07, 6.45) is 3.72. The number of likely N-dealkylation sites (tertiary alicyclic amines) is 1. The number of aromatic nitrogens is 2. The fourth-order valence-corrected chi connectivity index (χ4v) is 3.53. The van der Waals surface area contributed by atoms with Gasteiger partial charge in [-0.1, -0.05) is 35.5 Å². The number of piperidine rings is 1. The monoisotopic (exact) mass is 340 g/mol. The van der Waals surface area contributed by atoms with E-state index in [1.807, 2.05) is 30.3 Å². The van der Waals surface area contributed by atoms with E-state index in [2.05, 4.69) is 15.5 Å². The van der Waals surface area contributed by atoms with E-state index in [0.717, 1.165) is 24.8 Å². The number of benzene rings is 1. The molecule has 0 aliphatic carbocycles. The van der Waals surface area contributed by atoms with Gasteiger partial charge in [0.2, 0.25) is 23.5 Å². The van der Waals surface area contributed by atoms with E-state index in [0.29, 0.717) is 31.1 Å². The second kappa shape index (κ2) is 6.66. The largest absolute Gasteiger partial charge is 0.344 e. The summed E-state index contributed by atoms with van der Waals surface area (Å²) in [5, 5.41) is 6.83. The molecule has 3 heterocycles. The molecule has 2 aliphatic rings. The molecule has 25 heavy (non-hydrogen) atoms. The molecule has 1 aromatic heterocycles. The van der Waals surface area contributed by atoms with Crippen LogP contribution in [0.2, 0.25) is 0 Å². The average Bonchev–Trinajstić information content (AvgIpc) is 3.31. The smallest absolute Gasteiger partial charge is 0.249 e. The summed E-state index contributed by atoms with van der Waals surface area (Å²) in [6.45, 7) is 0.652. The van der Waals surface area contributed by atoms with E-state index >= 15 is 0 Å². The van der Waals surface area contributed by atoms with Gasteiger partial charge in [0, 0.05) is 18.5 Å². The molecular weight excluding hydrogens is 320 g/mol. The summed E-state index contributed by atoms with van der Waals surface area (Å²) in [5.74, 6) is 0.894. The Morgan fingerprint density at radius 2 is 2.04 bits per heavy atom. The molecule has 4 rings (SSSR count). The molecule has 1 N–H and O–H groups in total. The first kappa shape index (κ1) is 15.8. The second-order valence-corrected chi connectivity index (χ2v) is 6.52. The molecule has 130 valence electrons. The minimum Gasteiger partial charge on any atom is -0.344 e. The van der Waals surface area contributed by atoms with Gasteiger partial charge in [-0.25, -0.2) is 0 Å². The van der Waals surface area contributed by atoms with Crippen LogP contribution in [0.3, 0.4) is 0 Å². The van der Waals surface area contributed by atoms with Crippen molar-refractivity contribution >= 4 is 11.8 Å². The van der Waals surface area contributed by atoms with Crippen LogP contribution in [0.15, 0.2) is 34.9 Å². The zero-order valence-corrected chi connectivity index (χ0v) is 13.9. The van der Waals surface area contributed by atoms with Crippen LogP contribution in [0, 0.1) is 0 Å². The van der Waals surface area contributed by atoms with Gasteiger partial charge in [-0.15, -0.1) is 0 Å². The summed E-state index contributed by atoms with van der Waals surface area (Å²) in [5.41, 5.74) is 0.884. The summed E-state index contributed by atoms with van der Waals surface area (Å²) in [7, 11) is 0. The van der Waals surface area contributed by atoms with Crippen molar-refractivity contribution in [3.8, 4) is 11.4 Å². The van der Waals surface area contributed by atoms with Crippen molar-refractivity contribution in [3.05, 3.63) is 36.2 Å². The summed E-state index contributed by atoms with van der Waals surface area (Å²) in [4.78, 5) is 30.6. The van der Waals surface area contributed by atoms with E-state index < -0.39 is 6.04 Å². The molecule has 2 atom stereocenters. The highest BCUT2D eigenvalue weighted by molar-refractivity contribution is 5.91. The molecule has 0 spiro atoms. The lowest BCUT2D eigenvalue weighted by Crippen LogP contribution is -2.47. The minimum atomic E-state index is -0.426. The van der Waals surface area contributed by atoms with Crippen LogP contribution < -0.4 is 5.32 Å². The first-order valence-corrected chi connectivity index (χ1v) is 8.71. The quantitative estimate of drug-likeness (QED) is 0.924. The molecule has 1 aromatic carbocycles. The number of hydrogen-bond acceptors (Lipinski definition) is 5. The van der Waals surface area contributed by atoms with Gasteiger partial charge < -0.3 is 14.7 Å². The molecule has 7 heteroatoms. The van der Waals surface area contributed by atoms with Crippen LogP contribution in [0.25, 0.3) is 11.4 Å². The van der Waals surface area contributed by atoms with Gasteiger partial charge >= 0.3 is 0 Å². The van der Waals surface area contributed by atoms with Crippen molar-refractivity contribution in [2.75, 3.05) is 6.54 Å². The Morgan fingerprint density at radius 3 is 2.80 bits per heavy atom. The van der Waals surface area contributed by atoms with Crippen LogP contribution >= 0.6 is 0 Å². The maximum Gasteiger partial charge on any atom is 0.249 e. The zero-order chi connectivity index (χ0) is 17.2. The van der Waals surface area contributed by atoms with E-state index in [1.165, 1.54) is 0 Å². The van der Waals surface area contributed by atoms with Crippen molar-refractivity contribution in [2.24, 2.45) is 0 Å². The van der Waals surface area contributed by atoms with Crippen molar-refractivity contribution in [2.45, 2.75) is 44.2 Å². The van der Waals surface area contributed by atoms with Gasteiger partial charge in [-0.2, -0.15) is 4.98 Å². The maximum atomic E-state index is 12.8. The Morgan fingerprint density at radius 1 is 1.20 bits per heavy atom. The highest BCUT2D eigenvalue weighted by Crippen LogP contribution is 2.32. The number of nitrogens with zero attached hydrogens (tertiary/aromatic N) is 3. The number of amides is 2. The molecule has 7 nitrogen and oxygen atoms in total. The molecule has 0 radical (unpaired) electrons. The molecule has 2 aliphatic heterocycles. The highest BCUT2D eigenvalue weighted by Gasteiger charge is 2.37. The zero-order valence-electron chi connectivity index (χ0n) is 13.9. The SMILES string of the molecule is O=C1CC[C@H](C(=O)N2CCCC[C@@H]2c2nc(-c3ccccc3)no2)N1.